The van der Waals surface area contributed by atoms with Crippen LogP contribution in [0.5, 0.6) is 0 Å². The van der Waals surface area contributed by atoms with Crippen molar-refractivity contribution < 1.29 is 0 Å². The lowest BCUT2D eigenvalue weighted by Gasteiger charge is -2.18. The number of hydrogen-bond donors (Lipinski definition) is 1. The van der Waals surface area contributed by atoms with Gasteiger partial charge >= 0.3 is 0 Å². The van der Waals surface area contributed by atoms with Gasteiger partial charge in [0.1, 0.15) is 0 Å². The van der Waals surface area contributed by atoms with E-state index in [2.05, 4.69) is 75.7 Å². The SMILES string of the molecule is C=C1NCCC(C)c2cc(C(=C)c3cc(C4=C(C)CCC=C4)cnc3C)ccc21. The summed E-state index contributed by atoms with van der Waals surface area (Å²) in [6, 6.07) is 8.92. The summed E-state index contributed by atoms with van der Waals surface area (Å²) in [5.74, 6) is 0.496. The summed E-state index contributed by atoms with van der Waals surface area (Å²) < 4.78 is 0. The van der Waals surface area contributed by atoms with Crippen LogP contribution in [0.3, 0.4) is 0 Å². The smallest absolute Gasteiger partial charge is 0.0451 e. The number of aromatic nitrogens is 1. The highest BCUT2D eigenvalue weighted by Crippen LogP contribution is 2.35. The Hall–Kier alpha value is -2.87. The molecule has 148 valence electrons. The molecule has 0 amide bonds. The molecule has 2 aliphatic rings. The molecule has 0 fully saturated rings. The van der Waals surface area contributed by atoms with Gasteiger partial charge in [0, 0.05) is 40.8 Å². The molecule has 4 rings (SSSR count). The first-order valence-corrected chi connectivity index (χ1v) is 10.6. The number of allylic oxidation sites excluding steroid dienone is 4. The minimum Gasteiger partial charge on any atom is -0.385 e. The molecule has 1 unspecified atom stereocenters. The molecule has 29 heavy (non-hydrogen) atoms. The monoisotopic (exact) mass is 382 g/mol. The quantitative estimate of drug-likeness (QED) is 0.643. The molecule has 1 aromatic carbocycles. The third-order valence-electron chi connectivity index (χ3n) is 6.33. The predicted octanol–water partition coefficient (Wildman–Crippen LogP) is 6.64. The van der Waals surface area contributed by atoms with Crippen LogP contribution in [-0.2, 0) is 0 Å². The predicted molar refractivity (Wildman–Crippen MR) is 125 cm³/mol. The first-order chi connectivity index (χ1) is 14.0. The topological polar surface area (TPSA) is 24.9 Å². The number of nitrogens with one attached hydrogen (secondary N) is 1. The summed E-state index contributed by atoms with van der Waals surface area (Å²) >= 11 is 0. The van der Waals surface area contributed by atoms with Crippen LogP contribution < -0.4 is 5.32 Å². The van der Waals surface area contributed by atoms with Crippen LogP contribution in [0.4, 0.5) is 0 Å². The van der Waals surface area contributed by atoms with Gasteiger partial charge in [-0.15, -0.1) is 0 Å². The summed E-state index contributed by atoms with van der Waals surface area (Å²) in [6.07, 6.45) is 9.84. The van der Waals surface area contributed by atoms with Gasteiger partial charge < -0.3 is 5.32 Å². The van der Waals surface area contributed by atoms with Crippen LogP contribution in [-0.4, -0.2) is 11.5 Å². The zero-order valence-corrected chi connectivity index (χ0v) is 17.8. The maximum Gasteiger partial charge on any atom is 0.0451 e. The number of nitrogens with zero attached hydrogens (tertiary/aromatic N) is 1. The number of aryl methyl sites for hydroxylation is 1. The van der Waals surface area contributed by atoms with Crippen LogP contribution in [0, 0.1) is 6.92 Å². The fourth-order valence-corrected chi connectivity index (χ4v) is 4.39. The maximum absolute atomic E-state index is 4.71. The van der Waals surface area contributed by atoms with Crippen molar-refractivity contribution in [3.05, 3.63) is 94.9 Å². The van der Waals surface area contributed by atoms with E-state index >= 15 is 0 Å². The molecule has 2 nitrogen and oxygen atoms in total. The van der Waals surface area contributed by atoms with Crippen LogP contribution in [0.25, 0.3) is 16.8 Å². The average Bonchev–Trinajstić information content (AvgIpc) is 2.87. The normalized spacial score (nSPS) is 18.9. The third kappa shape index (κ3) is 3.72. The van der Waals surface area contributed by atoms with Crippen LogP contribution in [0.1, 0.15) is 72.5 Å². The molecule has 0 saturated heterocycles. The first kappa shape index (κ1) is 19.4. The van der Waals surface area contributed by atoms with Gasteiger partial charge in [-0.3, -0.25) is 4.98 Å². The lowest BCUT2D eigenvalue weighted by Crippen LogP contribution is -2.10. The number of rotatable bonds is 3. The standard InChI is InChI=1S/C27H30N2/c1-17-8-6-7-9-24(17)23-15-27(21(5)29-16-23)19(3)22-10-11-25-20(4)28-13-12-18(2)26(25)14-22/h7,9-11,14-16,18,28H,3-4,6,8,12-13H2,1-2,5H3. The summed E-state index contributed by atoms with van der Waals surface area (Å²) in [4.78, 5) is 4.71. The van der Waals surface area contributed by atoms with Gasteiger partial charge in [0.05, 0.1) is 0 Å². The molecule has 0 bridgehead atoms. The van der Waals surface area contributed by atoms with E-state index in [1.54, 1.807) is 0 Å². The van der Waals surface area contributed by atoms with E-state index in [1.165, 1.54) is 27.8 Å². The third-order valence-corrected chi connectivity index (χ3v) is 6.33. The second-order valence-electron chi connectivity index (χ2n) is 8.37. The Morgan fingerprint density at radius 2 is 2.03 bits per heavy atom. The molecule has 0 saturated carbocycles. The molecule has 1 atom stereocenters. The number of pyridine rings is 1. The molecular formula is C27H30N2. The second-order valence-corrected chi connectivity index (χ2v) is 8.37. The molecular weight excluding hydrogens is 352 g/mol. The molecule has 1 N–H and O–H groups in total. The van der Waals surface area contributed by atoms with Crippen molar-refractivity contribution in [1.82, 2.24) is 10.3 Å². The zero-order chi connectivity index (χ0) is 20.5. The van der Waals surface area contributed by atoms with Crippen molar-refractivity contribution in [1.29, 1.82) is 0 Å². The Balaban J connectivity index is 1.75. The highest BCUT2D eigenvalue weighted by Gasteiger charge is 2.19. The van der Waals surface area contributed by atoms with Gasteiger partial charge in [0.15, 0.2) is 0 Å². The molecule has 0 spiro atoms. The number of benzene rings is 1. The average molecular weight is 383 g/mol. The fraction of sp³-hybridized carbons (Fsp3) is 0.296. The molecule has 2 heteroatoms. The summed E-state index contributed by atoms with van der Waals surface area (Å²) in [5.41, 5.74) is 11.9. The Morgan fingerprint density at radius 3 is 2.83 bits per heavy atom. The summed E-state index contributed by atoms with van der Waals surface area (Å²) in [7, 11) is 0. The van der Waals surface area contributed by atoms with E-state index in [-0.39, 0.29) is 0 Å². The highest BCUT2D eigenvalue weighted by atomic mass is 14.9. The number of fused-ring (bicyclic) bond motifs is 1. The van der Waals surface area contributed by atoms with Crippen molar-refractivity contribution >= 4 is 16.8 Å². The van der Waals surface area contributed by atoms with E-state index in [9.17, 15) is 0 Å². The van der Waals surface area contributed by atoms with Crippen molar-refractivity contribution in [3.8, 4) is 0 Å². The van der Waals surface area contributed by atoms with Gasteiger partial charge in [-0.2, -0.15) is 0 Å². The Bertz CT molecular complexity index is 1050. The largest absolute Gasteiger partial charge is 0.385 e. The van der Waals surface area contributed by atoms with Gasteiger partial charge in [0.2, 0.25) is 0 Å². The van der Waals surface area contributed by atoms with E-state index < -0.39 is 0 Å². The molecule has 2 heterocycles. The summed E-state index contributed by atoms with van der Waals surface area (Å²) in [6.45, 7) is 16.2. The molecule has 1 aliphatic carbocycles. The zero-order valence-electron chi connectivity index (χ0n) is 17.8. The lowest BCUT2D eigenvalue weighted by atomic mass is 9.87. The van der Waals surface area contributed by atoms with Crippen LogP contribution >= 0.6 is 0 Å². The molecule has 1 aliphatic heterocycles. The second kappa shape index (κ2) is 7.87. The minimum absolute atomic E-state index is 0.496. The minimum atomic E-state index is 0.496. The Kier molecular flexibility index (Phi) is 5.27. The van der Waals surface area contributed by atoms with Gasteiger partial charge in [0.25, 0.3) is 0 Å². The van der Waals surface area contributed by atoms with Crippen molar-refractivity contribution in [2.45, 2.75) is 46.0 Å². The van der Waals surface area contributed by atoms with E-state index in [4.69, 9.17) is 4.98 Å². The van der Waals surface area contributed by atoms with Crippen molar-refractivity contribution in [2.24, 2.45) is 0 Å². The van der Waals surface area contributed by atoms with Gasteiger partial charge in [-0.1, -0.05) is 56.0 Å². The Morgan fingerprint density at radius 1 is 1.21 bits per heavy atom. The van der Waals surface area contributed by atoms with E-state index in [0.717, 1.165) is 53.9 Å². The van der Waals surface area contributed by atoms with E-state index in [1.807, 2.05) is 6.20 Å². The molecule has 1 aromatic heterocycles. The van der Waals surface area contributed by atoms with E-state index in [0.29, 0.717) is 5.92 Å². The molecule has 2 aromatic rings. The first-order valence-electron chi connectivity index (χ1n) is 10.6. The fourth-order valence-electron chi connectivity index (χ4n) is 4.39. The van der Waals surface area contributed by atoms with Gasteiger partial charge in [-0.05, 0) is 67.4 Å². The highest BCUT2D eigenvalue weighted by molar-refractivity contribution is 5.84. The lowest BCUT2D eigenvalue weighted by molar-refractivity contribution is 0.672. The van der Waals surface area contributed by atoms with Crippen LogP contribution in [0.15, 0.2) is 61.3 Å². The van der Waals surface area contributed by atoms with Crippen LogP contribution in [0.2, 0.25) is 0 Å². The molecule has 0 radical (unpaired) electrons. The van der Waals surface area contributed by atoms with Crippen molar-refractivity contribution in [3.63, 3.8) is 0 Å². The Labute approximate surface area is 174 Å². The number of hydrogen-bond acceptors (Lipinski definition) is 2. The van der Waals surface area contributed by atoms with Crippen molar-refractivity contribution in [2.75, 3.05) is 6.54 Å². The maximum atomic E-state index is 4.71. The summed E-state index contributed by atoms with van der Waals surface area (Å²) in [5, 5.41) is 3.43. The van der Waals surface area contributed by atoms with Gasteiger partial charge in [-0.25, -0.2) is 0 Å².